The van der Waals surface area contributed by atoms with Gasteiger partial charge >= 0.3 is 0 Å². The molecule has 2 aromatic carbocycles. The molecule has 0 amide bonds. The second-order valence-corrected chi connectivity index (χ2v) is 6.34. The maximum absolute atomic E-state index is 13.1. The van der Waals surface area contributed by atoms with Crippen LogP contribution in [0.1, 0.15) is 50.0 Å². The summed E-state index contributed by atoms with van der Waals surface area (Å²) in [6, 6.07) is 11.9. The number of halogens is 2. The molecule has 0 bridgehead atoms. The molecule has 2 rings (SSSR count). The smallest absolute Gasteiger partial charge is 0.124 e. The van der Waals surface area contributed by atoms with Crippen molar-refractivity contribution >= 4 is 11.6 Å². The van der Waals surface area contributed by atoms with Crippen LogP contribution in [0.3, 0.4) is 0 Å². The first kappa shape index (κ1) is 16.0. The van der Waals surface area contributed by atoms with Gasteiger partial charge in [-0.25, -0.2) is 4.39 Å². The van der Waals surface area contributed by atoms with Crippen molar-refractivity contribution in [3.63, 3.8) is 0 Å². The third-order valence-corrected chi connectivity index (χ3v) is 4.48. The van der Waals surface area contributed by atoms with Gasteiger partial charge in [-0.2, -0.15) is 0 Å². The number of hydrogen-bond acceptors (Lipinski definition) is 1. The molecule has 0 radical (unpaired) electrons. The van der Waals surface area contributed by atoms with Crippen LogP contribution >= 0.6 is 11.6 Å². The molecule has 1 unspecified atom stereocenters. The van der Waals surface area contributed by atoms with Crippen molar-refractivity contribution in [3.05, 3.63) is 70.0 Å². The summed E-state index contributed by atoms with van der Waals surface area (Å²) in [7, 11) is 0. The number of aliphatic hydroxyl groups is 1. The molecule has 3 heteroatoms. The van der Waals surface area contributed by atoms with Crippen molar-refractivity contribution < 1.29 is 9.50 Å². The Hall–Kier alpha value is -1.38. The molecule has 112 valence electrons. The van der Waals surface area contributed by atoms with Gasteiger partial charge in [-0.05, 0) is 35.1 Å². The fourth-order valence-electron chi connectivity index (χ4n) is 2.22. The Kier molecular flexibility index (Phi) is 4.70. The Morgan fingerprint density at radius 3 is 2.29 bits per heavy atom. The standard InChI is InChI=1S/C18H20ClFO/c1-4-18(2,3)13-7-5-12(6-8-13)17(21)15-10-9-14(20)11-16(15)19/h5-11,17,21H,4H2,1-3H3. The second-order valence-electron chi connectivity index (χ2n) is 5.93. The molecule has 0 saturated heterocycles. The lowest BCUT2D eigenvalue weighted by Crippen LogP contribution is -2.15. The third-order valence-electron chi connectivity index (χ3n) is 4.15. The van der Waals surface area contributed by atoms with Crippen LogP contribution in [0.25, 0.3) is 0 Å². The molecule has 0 saturated carbocycles. The fraction of sp³-hybridized carbons (Fsp3) is 0.333. The monoisotopic (exact) mass is 306 g/mol. The number of hydrogen-bond donors (Lipinski definition) is 1. The Balaban J connectivity index is 2.30. The van der Waals surface area contributed by atoms with Crippen LogP contribution in [0.5, 0.6) is 0 Å². The molecule has 1 N–H and O–H groups in total. The van der Waals surface area contributed by atoms with E-state index in [1.54, 1.807) is 0 Å². The fourth-order valence-corrected chi connectivity index (χ4v) is 2.49. The third kappa shape index (κ3) is 3.45. The van der Waals surface area contributed by atoms with Crippen molar-refractivity contribution in [3.8, 4) is 0 Å². The van der Waals surface area contributed by atoms with Gasteiger partial charge < -0.3 is 5.11 Å². The highest BCUT2D eigenvalue weighted by Crippen LogP contribution is 2.31. The number of benzene rings is 2. The maximum atomic E-state index is 13.1. The molecule has 21 heavy (non-hydrogen) atoms. The Morgan fingerprint density at radius 2 is 1.76 bits per heavy atom. The molecular formula is C18H20ClFO. The summed E-state index contributed by atoms with van der Waals surface area (Å²) >= 11 is 6.00. The van der Waals surface area contributed by atoms with Gasteiger partial charge in [0.05, 0.1) is 0 Å². The topological polar surface area (TPSA) is 20.2 Å². The van der Waals surface area contributed by atoms with Gasteiger partial charge in [0, 0.05) is 10.6 Å². The molecule has 0 aliphatic rings. The Morgan fingerprint density at radius 1 is 1.14 bits per heavy atom. The first-order valence-corrected chi connectivity index (χ1v) is 7.46. The average Bonchev–Trinajstić information content (AvgIpc) is 2.47. The van der Waals surface area contributed by atoms with Crippen LogP contribution in [-0.4, -0.2) is 5.11 Å². The molecule has 2 aromatic rings. The van der Waals surface area contributed by atoms with Crippen LogP contribution in [0.2, 0.25) is 5.02 Å². The zero-order valence-electron chi connectivity index (χ0n) is 12.5. The predicted octanol–water partition coefficient (Wildman–Crippen LogP) is 5.25. The summed E-state index contributed by atoms with van der Waals surface area (Å²) in [5.74, 6) is -0.406. The van der Waals surface area contributed by atoms with Crippen LogP contribution in [-0.2, 0) is 5.41 Å². The minimum atomic E-state index is -0.850. The molecular weight excluding hydrogens is 287 g/mol. The van der Waals surface area contributed by atoms with Crippen molar-refractivity contribution in [1.82, 2.24) is 0 Å². The summed E-state index contributed by atoms with van der Waals surface area (Å²) in [4.78, 5) is 0. The lowest BCUT2D eigenvalue weighted by molar-refractivity contribution is 0.220. The molecule has 0 aliphatic heterocycles. The second kappa shape index (κ2) is 6.17. The van der Waals surface area contributed by atoms with Crippen molar-refractivity contribution in [1.29, 1.82) is 0 Å². The number of rotatable bonds is 4. The van der Waals surface area contributed by atoms with E-state index in [1.165, 1.54) is 23.8 Å². The van der Waals surface area contributed by atoms with E-state index in [-0.39, 0.29) is 10.4 Å². The van der Waals surface area contributed by atoms with Gasteiger partial charge in [0.25, 0.3) is 0 Å². The molecule has 0 heterocycles. The first-order valence-electron chi connectivity index (χ1n) is 7.08. The van der Waals surface area contributed by atoms with Crippen molar-refractivity contribution in [2.75, 3.05) is 0 Å². The van der Waals surface area contributed by atoms with Gasteiger partial charge in [-0.15, -0.1) is 0 Å². The van der Waals surface area contributed by atoms with Gasteiger partial charge in [-0.3, -0.25) is 0 Å². The molecule has 0 spiro atoms. The van der Waals surface area contributed by atoms with E-state index in [2.05, 4.69) is 20.8 Å². The zero-order chi connectivity index (χ0) is 15.6. The Bertz CT molecular complexity index is 620. The molecule has 0 fully saturated rings. The largest absolute Gasteiger partial charge is 0.384 e. The van der Waals surface area contributed by atoms with Crippen LogP contribution in [0.4, 0.5) is 4.39 Å². The first-order chi connectivity index (χ1) is 9.85. The molecule has 0 aromatic heterocycles. The quantitative estimate of drug-likeness (QED) is 0.818. The summed E-state index contributed by atoms with van der Waals surface area (Å²) < 4.78 is 13.1. The van der Waals surface area contributed by atoms with Gasteiger partial charge in [0.15, 0.2) is 0 Å². The average molecular weight is 307 g/mol. The van der Waals surface area contributed by atoms with Crippen molar-refractivity contribution in [2.45, 2.75) is 38.7 Å². The minimum Gasteiger partial charge on any atom is -0.384 e. The zero-order valence-corrected chi connectivity index (χ0v) is 13.3. The van der Waals surface area contributed by atoms with E-state index < -0.39 is 11.9 Å². The Labute approximate surface area is 130 Å². The SMILES string of the molecule is CCC(C)(C)c1ccc(C(O)c2ccc(F)cc2Cl)cc1. The van der Waals surface area contributed by atoms with E-state index in [0.29, 0.717) is 5.56 Å². The maximum Gasteiger partial charge on any atom is 0.124 e. The van der Waals surface area contributed by atoms with Gasteiger partial charge in [0.1, 0.15) is 11.9 Å². The summed E-state index contributed by atoms with van der Waals surface area (Å²) in [6.07, 6.45) is 0.190. The van der Waals surface area contributed by atoms with E-state index in [1.807, 2.05) is 24.3 Å². The van der Waals surface area contributed by atoms with Gasteiger partial charge in [-0.1, -0.05) is 62.7 Å². The van der Waals surface area contributed by atoms with Crippen LogP contribution < -0.4 is 0 Å². The molecule has 1 nitrogen and oxygen atoms in total. The molecule has 1 atom stereocenters. The highest BCUT2D eigenvalue weighted by molar-refractivity contribution is 6.31. The lowest BCUT2D eigenvalue weighted by Gasteiger charge is -2.24. The number of aliphatic hydroxyl groups excluding tert-OH is 1. The highest BCUT2D eigenvalue weighted by Gasteiger charge is 2.19. The molecule has 0 aliphatic carbocycles. The summed E-state index contributed by atoms with van der Waals surface area (Å²) in [5.41, 5.74) is 2.60. The predicted molar refractivity (Wildman–Crippen MR) is 85.2 cm³/mol. The summed E-state index contributed by atoms with van der Waals surface area (Å²) in [5, 5.41) is 10.6. The van der Waals surface area contributed by atoms with E-state index in [0.717, 1.165) is 12.0 Å². The van der Waals surface area contributed by atoms with E-state index >= 15 is 0 Å². The minimum absolute atomic E-state index is 0.108. The van der Waals surface area contributed by atoms with Crippen molar-refractivity contribution in [2.24, 2.45) is 0 Å². The highest BCUT2D eigenvalue weighted by atomic mass is 35.5. The van der Waals surface area contributed by atoms with E-state index in [9.17, 15) is 9.50 Å². The normalized spacial score (nSPS) is 13.2. The van der Waals surface area contributed by atoms with Gasteiger partial charge in [0.2, 0.25) is 0 Å². The van der Waals surface area contributed by atoms with Crippen LogP contribution in [0, 0.1) is 5.82 Å². The van der Waals surface area contributed by atoms with Crippen LogP contribution in [0.15, 0.2) is 42.5 Å². The summed E-state index contributed by atoms with van der Waals surface area (Å²) in [6.45, 7) is 6.53. The van der Waals surface area contributed by atoms with E-state index in [4.69, 9.17) is 11.6 Å². The lowest BCUT2D eigenvalue weighted by atomic mass is 9.81.